The van der Waals surface area contributed by atoms with Crippen LogP contribution in [-0.4, -0.2) is 24.9 Å². The largest absolute Gasteiger partial charge is 0.424 e. The molecule has 2 aromatic heterocycles. The van der Waals surface area contributed by atoms with Crippen molar-refractivity contribution in [1.82, 2.24) is 24.9 Å². The van der Waals surface area contributed by atoms with Crippen LogP contribution in [0.15, 0.2) is 41.1 Å². The third kappa shape index (κ3) is 3.22. The lowest BCUT2D eigenvalue weighted by atomic mass is 9.93. The fraction of sp³-hybridized carbons (Fsp3) is 0.421. The zero-order valence-corrected chi connectivity index (χ0v) is 14.9. The van der Waals surface area contributed by atoms with Gasteiger partial charge in [0.25, 0.3) is 0 Å². The Labute approximate surface area is 147 Å². The highest BCUT2D eigenvalue weighted by molar-refractivity contribution is 5.31. The summed E-state index contributed by atoms with van der Waals surface area (Å²) in [5.41, 5.74) is 3.93. The SMILES string of the molecule is Cc1nnc([C@@H]2Cc3ccccc3CN2Cc2cnn(C(C)C)c2)o1. The second-order valence-electron chi connectivity index (χ2n) is 6.98. The van der Waals surface area contributed by atoms with Crippen LogP contribution >= 0.6 is 0 Å². The lowest BCUT2D eigenvalue weighted by molar-refractivity contribution is 0.137. The summed E-state index contributed by atoms with van der Waals surface area (Å²) < 4.78 is 7.76. The fourth-order valence-electron chi connectivity index (χ4n) is 3.41. The van der Waals surface area contributed by atoms with Crippen molar-refractivity contribution in [3.63, 3.8) is 0 Å². The molecule has 0 fully saturated rings. The molecule has 0 spiro atoms. The van der Waals surface area contributed by atoms with Crippen LogP contribution in [0.2, 0.25) is 0 Å². The Hall–Kier alpha value is -2.47. The highest BCUT2D eigenvalue weighted by Crippen LogP contribution is 2.33. The Morgan fingerprint density at radius 3 is 2.68 bits per heavy atom. The minimum absolute atomic E-state index is 0.0958. The lowest BCUT2D eigenvalue weighted by Gasteiger charge is -2.34. The first-order valence-corrected chi connectivity index (χ1v) is 8.74. The average Bonchev–Trinajstić information content (AvgIpc) is 3.23. The molecule has 3 heterocycles. The number of benzene rings is 1. The normalized spacial score (nSPS) is 17.8. The maximum absolute atomic E-state index is 5.76. The third-order valence-corrected chi connectivity index (χ3v) is 4.74. The van der Waals surface area contributed by atoms with Gasteiger partial charge in [-0.3, -0.25) is 9.58 Å². The molecule has 0 radical (unpaired) electrons. The van der Waals surface area contributed by atoms with E-state index >= 15 is 0 Å². The number of hydrogen-bond donors (Lipinski definition) is 0. The first kappa shape index (κ1) is 16.0. The van der Waals surface area contributed by atoms with Crippen molar-refractivity contribution in [3.05, 3.63) is 65.1 Å². The van der Waals surface area contributed by atoms with E-state index in [-0.39, 0.29) is 6.04 Å². The van der Waals surface area contributed by atoms with E-state index in [1.165, 1.54) is 16.7 Å². The van der Waals surface area contributed by atoms with E-state index in [0.29, 0.717) is 17.8 Å². The number of rotatable bonds is 4. The second kappa shape index (κ2) is 6.44. The lowest BCUT2D eigenvalue weighted by Crippen LogP contribution is -2.34. The molecule has 130 valence electrons. The van der Waals surface area contributed by atoms with Gasteiger partial charge in [-0.25, -0.2) is 0 Å². The molecule has 0 N–H and O–H groups in total. The van der Waals surface area contributed by atoms with Crippen LogP contribution in [0, 0.1) is 6.92 Å². The van der Waals surface area contributed by atoms with Crippen molar-refractivity contribution in [2.24, 2.45) is 0 Å². The number of nitrogens with zero attached hydrogens (tertiary/aromatic N) is 5. The van der Waals surface area contributed by atoms with Crippen LogP contribution in [0.3, 0.4) is 0 Å². The Morgan fingerprint density at radius 1 is 1.20 bits per heavy atom. The van der Waals surface area contributed by atoms with Crippen LogP contribution in [-0.2, 0) is 19.5 Å². The van der Waals surface area contributed by atoms with Gasteiger partial charge in [0.05, 0.1) is 12.2 Å². The fourth-order valence-corrected chi connectivity index (χ4v) is 3.41. The van der Waals surface area contributed by atoms with Crippen LogP contribution in [0.5, 0.6) is 0 Å². The smallest absolute Gasteiger partial charge is 0.233 e. The Morgan fingerprint density at radius 2 is 2.00 bits per heavy atom. The van der Waals surface area contributed by atoms with E-state index < -0.39 is 0 Å². The zero-order chi connectivity index (χ0) is 17.4. The molecular weight excluding hydrogens is 314 g/mol. The molecule has 25 heavy (non-hydrogen) atoms. The summed E-state index contributed by atoms with van der Waals surface area (Å²) in [6, 6.07) is 9.06. The monoisotopic (exact) mass is 337 g/mol. The topological polar surface area (TPSA) is 60.0 Å². The molecule has 0 amide bonds. The van der Waals surface area contributed by atoms with Crippen molar-refractivity contribution in [2.75, 3.05) is 0 Å². The summed E-state index contributed by atoms with van der Waals surface area (Å²) in [5.74, 6) is 1.31. The minimum Gasteiger partial charge on any atom is -0.424 e. The third-order valence-electron chi connectivity index (χ3n) is 4.74. The zero-order valence-electron chi connectivity index (χ0n) is 14.9. The number of fused-ring (bicyclic) bond motifs is 1. The molecule has 6 heteroatoms. The molecule has 6 nitrogen and oxygen atoms in total. The summed E-state index contributed by atoms with van der Waals surface area (Å²) in [6.07, 6.45) is 4.97. The standard InChI is InChI=1S/C19H23N5O/c1-13(2)24-11-15(9-20-24)10-23-12-17-7-5-4-6-16(17)8-18(23)19-22-21-14(3)25-19/h4-7,9,11,13,18H,8,10,12H2,1-3H3/t18-/m0/s1. The molecule has 1 aliphatic heterocycles. The van der Waals surface area contributed by atoms with E-state index in [4.69, 9.17) is 4.42 Å². The number of hydrogen-bond acceptors (Lipinski definition) is 5. The summed E-state index contributed by atoms with van der Waals surface area (Å²) >= 11 is 0. The van der Waals surface area contributed by atoms with Crippen LogP contribution in [0.25, 0.3) is 0 Å². The molecule has 0 unspecified atom stereocenters. The summed E-state index contributed by atoms with van der Waals surface area (Å²) in [4.78, 5) is 2.40. The molecule has 1 atom stereocenters. The van der Waals surface area contributed by atoms with Crippen molar-refractivity contribution < 1.29 is 4.42 Å². The van der Waals surface area contributed by atoms with Gasteiger partial charge in [-0.1, -0.05) is 24.3 Å². The Balaban J connectivity index is 1.64. The van der Waals surface area contributed by atoms with E-state index in [1.807, 2.05) is 17.8 Å². The van der Waals surface area contributed by atoms with E-state index in [9.17, 15) is 0 Å². The Kier molecular flexibility index (Phi) is 4.13. The molecule has 0 aliphatic carbocycles. The predicted octanol–water partition coefficient (Wildman–Crippen LogP) is 3.46. The van der Waals surface area contributed by atoms with Crippen molar-refractivity contribution in [3.8, 4) is 0 Å². The first-order valence-electron chi connectivity index (χ1n) is 8.74. The molecule has 0 bridgehead atoms. The highest BCUT2D eigenvalue weighted by Gasteiger charge is 2.31. The van der Waals surface area contributed by atoms with Gasteiger partial charge in [0, 0.05) is 37.8 Å². The number of aryl methyl sites for hydroxylation is 1. The van der Waals surface area contributed by atoms with Gasteiger partial charge in [-0.15, -0.1) is 10.2 Å². The van der Waals surface area contributed by atoms with Crippen molar-refractivity contribution >= 4 is 0 Å². The van der Waals surface area contributed by atoms with E-state index in [2.05, 4.69) is 64.5 Å². The van der Waals surface area contributed by atoms with Gasteiger partial charge in [0.1, 0.15) is 0 Å². The van der Waals surface area contributed by atoms with Crippen LogP contribution < -0.4 is 0 Å². The van der Waals surface area contributed by atoms with Crippen LogP contribution in [0.1, 0.15) is 54.4 Å². The van der Waals surface area contributed by atoms with Gasteiger partial charge in [-0.05, 0) is 31.4 Å². The molecule has 1 aromatic carbocycles. The average molecular weight is 337 g/mol. The van der Waals surface area contributed by atoms with Gasteiger partial charge in [0.2, 0.25) is 11.8 Å². The molecule has 0 saturated heterocycles. The quantitative estimate of drug-likeness (QED) is 0.730. The van der Waals surface area contributed by atoms with Crippen molar-refractivity contribution in [2.45, 2.75) is 52.4 Å². The van der Waals surface area contributed by atoms with E-state index in [1.54, 1.807) is 0 Å². The maximum atomic E-state index is 5.76. The van der Waals surface area contributed by atoms with E-state index in [0.717, 1.165) is 19.5 Å². The highest BCUT2D eigenvalue weighted by atomic mass is 16.4. The Bertz CT molecular complexity index is 866. The van der Waals surface area contributed by atoms with Crippen LogP contribution in [0.4, 0.5) is 0 Å². The molecule has 3 aromatic rings. The minimum atomic E-state index is 0.0958. The van der Waals surface area contributed by atoms with Crippen molar-refractivity contribution in [1.29, 1.82) is 0 Å². The second-order valence-corrected chi connectivity index (χ2v) is 6.98. The van der Waals surface area contributed by atoms with Gasteiger partial charge in [-0.2, -0.15) is 5.10 Å². The maximum Gasteiger partial charge on any atom is 0.233 e. The molecule has 1 aliphatic rings. The summed E-state index contributed by atoms with van der Waals surface area (Å²) in [7, 11) is 0. The van der Waals surface area contributed by atoms with Gasteiger partial charge >= 0.3 is 0 Å². The number of aromatic nitrogens is 4. The molecular formula is C19H23N5O. The predicted molar refractivity (Wildman–Crippen MR) is 93.8 cm³/mol. The molecule has 0 saturated carbocycles. The van der Waals surface area contributed by atoms with Gasteiger partial charge in [0.15, 0.2) is 0 Å². The molecule has 4 rings (SSSR count). The first-order chi connectivity index (χ1) is 12.1. The summed E-state index contributed by atoms with van der Waals surface area (Å²) in [5, 5.41) is 12.8. The summed E-state index contributed by atoms with van der Waals surface area (Å²) in [6.45, 7) is 7.79. The van der Waals surface area contributed by atoms with Gasteiger partial charge < -0.3 is 4.42 Å².